The zero-order valence-corrected chi connectivity index (χ0v) is 15.4. The molecule has 2 aliphatic rings. The fourth-order valence-electron chi connectivity index (χ4n) is 3.67. The van der Waals surface area contributed by atoms with Crippen LogP contribution in [-0.4, -0.2) is 37.3 Å². The van der Waals surface area contributed by atoms with Crippen molar-refractivity contribution in [3.63, 3.8) is 0 Å². The van der Waals surface area contributed by atoms with Gasteiger partial charge in [-0.05, 0) is 41.8 Å². The highest BCUT2D eigenvalue weighted by molar-refractivity contribution is 6.31. The number of cyclic esters (lactones) is 1. The van der Waals surface area contributed by atoms with Crippen LogP contribution in [0.5, 0.6) is 5.75 Å². The van der Waals surface area contributed by atoms with Crippen LogP contribution in [0.4, 0.5) is 10.5 Å². The van der Waals surface area contributed by atoms with Crippen LogP contribution in [0.25, 0.3) is 0 Å². The number of methoxy groups -OCH3 is 1. The topological polar surface area (TPSA) is 42.0 Å². The molecule has 2 aromatic rings. The van der Waals surface area contributed by atoms with E-state index in [1.807, 2.05) is 36.4 Å². The number of hydrogen-bond donors (Lipinski definition) is 0. The lowest BCUT2D eigenvalue weighted by molar-refractivity contribution is 0.177. The Morgan fingerprint density at radius 3 is 2.92 bits per heavy atom. The average Bonchev–Trinajstić information content (AvgIpc) is 2.99. The van der Waals surface area contributed by atoms with Crippen molar-refractivity contribution in [1.82, 2.24) is 4.90 Å². The molecule has 1 atom stereocenters. The van der Waals surface area contributed by atoms with Gasteiger partial charge in [-0.15, -0.1) is 0 Å². The first kappa shape index (κ1) is 17.2. The van der Waals surface area contributed by atoms with Crippen molar-refractivity contribution in [2.24, 2.45) is 0 Å². The van der Waals surface area contributed by atoms with Gasteiger partial charge >= 0.3 is 6.09 Å². The van der Waals surface area contributed by atoms with E-state index in [0.29, 0.717) is 13.2 Å². The summed E-state index contributed by atoms with van der Waals surface area (Å²) in [5, 5.41) is 0.779. The smallest absolute Gasteiger partial charge is 0.414 e. The molecular weight excluding hydrogens is 352 g/mol. The monoisotopic (exact) mass is 372 g/mol. The van der Waals surface area contributed by atoms with Crippen molar-refractivity contribution < 1.29 is 14.3 Å². The largest absolute Gasteiger partial charge is 0.497 e. The summed E-state index contributed by atoms with van der Waals surface area (Å²) in [4.78, 5) is 16.4. The Labute approximate surface area is 158 Å². The third kappa shape index (κ3) is 3.24. The SMILES string of the molecule is COc1ccc2c(c1)CN(Cc1ccccc1Cl)CCC1COC(=O)N21. The molecule has 1 fully saturated rings. The molecule has 136 valence electrons. The van der Waals surface area contributed by atoms with Crippen LogP contribution >= 0.6 is 11.6 Å². The Balaban J connectivity index is 1.68. The number of anilines is 1. The molecule has 5 nitrogen and oxygen atoms in total. The van der Waals surface area contributed by atoms with E-state index in [9.17, 15) is 4.79 Å². The van der Waals surface area contributed by atoms with E-state index in [2.05, 4.69) is 11.0 Å². The van der Waals surface area contributed by atoms with Gasteiger partial charge in [0, 0.05) is 24.7 Å². The fourth-order valence-corrected chi connectivity index (χ4v) is 3.87. The number of amides is 1. The van der Waals surface area contributed by atoms with Gasteiger partial charge in [0.15, 0.2) is 0 Å². The van der Waals surface area contributed by atoms with E-state index in [1.165, 1.54) is 0 Å². The first-order valence-corrected chi connectivity index (χ1v) is 9.12. The minimum absolute atomic E-state index is 0.0590. The molecule has 2 heterocycles. The maximum Gasteiger partial charge on any atom is 0.414 e. The minimum Gasteiger partial charge on any atom is -0.497 e. The molecule has 2 aliphatic heterocycles. The van der Waals surface area contributed by atoms with Gasteiger partial charge < -0.3 is 9.47 Å². The predicted octanol–water partition coefficient (Wildman–Crippen LogP) is 4.08. The van der Waals surface area contributed by atoms with Gasteiger partial charge in [-0.2, -0.15) is 0 Å². The van der Waals surface area contributed by atoms with Gasteiger partial charge in [0.1, 0.15) is 12.4 Å². The summed E-state index contributed by atoms with van der Waals surface area (Å²) < 4.78 is 10.7. The summed E-state index contributed by atoms with van der Waals surface area (Å²) in [7, 11) is 1.65. The fraction of sp³-hybridized carbons (Fsp3) is 0.350. The van der Waals surface area contributed by atoms with Gasteiger partial charge in [0.2, 0.25) is 0 Å². The third-order valence-electron chi connectivity index (χ3n) is 5.03. The van der Waals surface area contributed by atoms with Crippen molar-refractivity contribution in [3.8, 4) is 5.75 Å². The molecule has 2 aromatic carbocycles. The Morgan fingerprint density at radius 2 is 2.12 bits per heavy atom. The highest BCUT2D eigenvalue weighted by Crippen LogP contribution is 2.34. The number of carbonyl (C=O) groups is 1. The predicted molar refractivity (Wildman–Crippen MR) is 101 cm³/mol. The molecule has 26 heavy (non-hydrogen) atoms. The first-order chi connectivity index (χ1) is 12.7. The molecule has 0 aromatic heterocycles. The number of nitrogens with zero attached hydrogens (tertiary/aromatic N) is 2. The van der Waals surface area contributed by atoms with E-state index in [4.69, 9.17) is 21.1 Å². The van der Waals surface area contributed by atoms with Crippen LogP contribution < -0.4 is 9.64 Å². The molecule has 0 radical (unpaired) electrons. The summed E-state index contributed by atoms with van der Waals surface area (Å²) in [5.74, 6) is 0.783. The maximum absolute atomic E-state index is 12.2. The number of fused-ring (bicyclic) bond motifs is 3. The minimum atomic E-state index is -0.263. The van der Waals surface area contributed by atoms with Crippen molar-refractivity contribution in [2.45, 2.75) is 25.6 Å². The molecule has 0 bridgehead atoms. The molecular formula is C20H21ClN2O3. The van der Waals surface area contributed by atoms with Gasteiger partial charge in [0.05, 0.1) is 18.8 Å². The summed E-state index contributed by atoms with van der Waals surface area (Å²) in [6, 6.07) is 13.8. The molecule has 0 N–H and O–H groups in total. The van der Waals surface area contributed by atoms with E-state index in [-0.39, 0.29) is 12.1 Å². The molecule has 0 spiro atoms. The van der Waals surface area contributed by atoms with Gasteiger partial charge in [-0.25, -0.2) is 4.79 Å². The molecule has 1 saturated heterocycles. The Morgan fingerprint density at radius 1 is 1.27 bits per heavy atom. The Bertz CT molecular complexity index is 826. The number of halogens is 1. The standard InChI is InChI=1S/C20H21ClN2O3/c1-25-17-6-7-19-15(10-17)12-22(11-14-4-2-3-5-18(14)21)9-8-16-13-26-20(24)23(16)19/h2-7,10,16H,8-9,11-13H2,1H3. The van der Waals surface area contributed by atoms with Crippen LogP contribution in [-0.2, 0) is 17.8 Å². The Kier molecular flexibility index (Phi) is 4.74. The molecule has 4 rings (SSSR count). The summed E-state index contributed by atoms with van der Waals surface area (Å²) in [6.45, 7) is 2.77. The summed E-state index contributed by atoms with van der Waals surface area (Å²) in [6.07, 6.45) is 0.600. The molecule has 0 saturated carbocycles. The van der Waals surface area contributed by atoms with Crippen LogP contribution in [0.1, 0.15) is 17.5 Å². The second kappa shape index (κ2) is 7.17. The molecule has 6 heteroatoms. The molecule has 1 amide bonds. The maximum atomic E-state index is 12.2. The first-order valence-electron chi connectivity index (χ1n) is 8.74. The zero-order valence-electron chi connectivity index (χ0n) is 14.7. The number of rotatable bonds is 3. The van der Waals surface area contributed by atoms with Crippen molar-refractivity contribution >= 4 is 23.4 Å². The quantitative estimate of drug-likeness (QED) is 0.814. The highest BCUT2D eigenvalue weighted by atomic mass is 35.5. The van der Waals surface area contributed by atoms with Crippen LogP contribution in [0.15, 0.2) is 42.5 Å². The summed E-state index contributed by atoms with van der Waals surface area (Å²) in [5.41, 5.74) is 3.07. The lowest BCUT2D eigenvalue weighted by atomic mass is 10.0. The van der Waals surface area contributed by atoms with Crippen molar-refractivity contribution in [3.05, 3.63) is 58.6 Å². The average molecular weight is 373 g/mol. The van der Waals surface area contributed by atoms with Crippen LogP contribution in [0.3, 0.4) is 0 Å². The second-order valence-electron chi connectivity index (χ2n) is 6.69. The van der Waals surface area contributed by atoms with Gasteiger partial charge in [0.25, 0.3) is 0 Å². The van der Waals surface area contributed by atoms with Crippen molar-refractivity contribution in [1.29, 1.82) is 0 Å². The zero-order chi connectivity index (χ0) is 18.1. The number of carbonyl (C=O) groups excluding carboxylic acids is 1. The molecule has 1 unspecified atom stereocenters. The van der Waals surface area contributed by atoms with E-state index in [0.717, 1.165) is 47.1 Å². The van der Waals surface area contributed by atoms with E-state index >= 15 is 0 Å². The van der Waals surface area contributed by atoms with Gasteiger partial charge in [-0.1, -0.05) is 29.8 Å². The number of ether oxygens (including phenoxy) is 2. The van der Waals surface area contributed by atoms with Gasteiger partial charge in [-0.3, -0.25) is 9.80 Å². The second-order valence-corrected chi connectivity index (χ2v) is 7.09. The van der Waals surface area contributed by atoms with Crippen LogP contribution in [0.2, 0.25) is 5.02 Å². The van der Waals surface area contributed by atoms with Crippen molar-refractivity contribution in [2.75, 3.05) is 25.2 Å². The van der Waals surface area contributed by atoms with E-state index in [1.54, 1.807) is 12.0 Å². The lowest BCUT2D eigenvalue weighted by Crippen LogP contribution is -2.40. The lowest BCUT2D eigenvalue weighted by Gasteiger charge is -2.32. The number of benzene rings is 2. The van der Waals surface area contributed by atoms with Crippen LogP contribution in [0, 0.1) is 0 Å². The molecule has 0 aliphatic carbocycles. The highest BCUT2D eigenvalue weighted by Gasteiger charge is 2.37. The Hall–Kier alpha value is -2.24. The number of hydrogen-bond acceptors (Lipinski definition) is 4. The van der Waals surface area contributed by atoms with E-state index < -0.39 is 0 Å². The third-order valence-corrected chi connectivity index (χ3v) is 5.40. The summed E-state index contributed by atoms with van der Waals surface area (Å²) >= 11 is 6.35. The normalized spacial score (nSPS) is 20.0.